The van der Waals surface area contributed by atoms with Crippen LogP contribution in [-0.4, -0.2) is 27.8 Å². The van der Waals surface area contributed by atoms with Crippen molar-refractivity contribution in [3.8, 4) is 0 Å². The molecule has 0 radical (unpaired) electrons. The van der Waals surface area contributed by atoms with Crippen molar-refractivity contribution in [2.75, 3.05) is 13.2 Å². The number of nitrogens with one attached hydrogen (secondary N) is 1. The molecule has 1 aromatic heterocycles. The number of hydrogen-bond acceptors (Lipinski definition) is 3. The van der Waals surface area contributed by atoms with Gasteiger partial charge in [-0.05, 0) is 11.8 Å². The predicted octanol–water partition coefficient (Wildman–Crippen LogP) is 1.78. The minimum atomic E-state index is -2.56. The van der Waals surface area contributed by atoms with E-state index in [0.717, 1.165) is 4.57 Å². The first-order chi connectivity index (χ1) is 7.96. The molecule has 6 heteroatoms. The van der Waals surface area contributed by atoms with Crippen LogP contribution in [0.1, 0.15) is 32.6 Å². The molecule has 4 nitrogen and oxygen atoms in total. The Balaban J connectivity index is 2.43. The molecule has 98 valence electrons. The first-order valence-corrected chi connectivity index (χ1v) is 5.58. The molecule has 0 fully saturated rings. The van der Waals surface area contributed by atoms with E-state index in [-0.39, 0.29) is 12.0 Å². The van der Waals surface area contributed by atoms with Crippen LogP contribution in [0.3, 0.4) is 0 Å². The highest BCUT2D eigenvalue weighted by Gasteiger charge is 2.17. The number of rotatable bonds is 7. The van der Waals surface area contributed by atoms with Gasteiger partial charge in [0.15, 0.2) is 0 Å². The molecule has 17 heavy (non-hydrogen) atoms. The van der Waals surface area contributed by atoms with Crippen LogP contribution in [-0.2, 0) is 6.54 Å². The molecule has 0 aromatic carbocycles. The van der Waals surface area contributed by atoms with Crippen LogP contribution < -0.4 is 5.32 Å². The number of aromatic nitrogens is 2. The maximum Gasteiger partial charge on any atom is 0.319 e. The minimum Gasteiger partial charge on any atom is -0.396 e. The third kappa shape index (κ3) is 4.40. The van der Waals surface area contributed by atoms with Crippen molar-refractivity contribution in [2.45, 2.75) is 33.4 Å². The van der Waals surface area contributed by atoms with E-state index in [2.05, 4.69) is 10.3 Å². The minimum absolute atomic E-state index is 0.0585. The highest BCUT2D eigenvalue weighted by Crippen LogP contribution is 2.18. The molecule has 0 saturated carbocycles. The van der Waals surface area contributed by atoms with Crippen LogP contribution >= 0.6 is 0 Å². The fourth-order valence-corrected chi connectivity index (χ4v) is 1.56. The molecule has 0 aliphatic heterocycles. The highest BCUT2D eigenvalue weighted by atomic mass is 19.3. The van der Waals surface area contributed by atoms with Gasteiger partial charge in [0.2, 0.25) is 0 Å². The summed E-state index contributed by atoms with van der Waals surface area (Å²) < 4.78 is 25.8. The van der Waals surface area contributed by atoms with Gasteiger partial charge in [0.25, 0.3) is 0 Å². The fraction of sp³-hybridized carbons (Fsp3) is 0.727. The standard InChI is InChI=1S/C11H19F2N3O/c1-11(2,3-6-17)8-14-7-9-15-4-5-16(9)10(12)13/h4-5,10,14,17H,3,6-8H2,1-2H3. The van der Waals surface area contributed by atoms with E-state index in [0.29, 0.717) is 25.3 Å². The molecule has 0 aliphatic rings. The van der Waals surface area contributed by atoms with Crippen LogP contribution in [0.4, 0.5) is 8.78 Å². The van der Waals surface area contributed by atoms with Gasteiger partial charge in [0.1, 0.15) is 5.82 Å². The second-order valence-corrected chi connectivity index (χ2v) is 4.77. The SMILES string of the molecule is CC(C)(CCO)CNCc1nccn1C(F)F. The van der Waals surface area contributed by atoms with Crippen LogP contribution in [0.5, 0.6) is 0 Å². The lowest BCUT2D eigenvalue weighted by Crippen LogP contribution is -2.30. The normalized spacial score (nSPS) is 12.4. The van der Waals surface area contributed by atoms with E-state index in [1.807, 2.05) is 13.8 Å². The number of hydrogen-bond donors (Lipinski definition) is 2. The third-order valence-corrected chi connectivity index (χ3v) is 2.63. The second kappa shape index (κ2) is 6.07. The topological polar surface area (TPSA) is 50.1 Å². The van der Waals surface area contributed by atoms with Gasteiger partial charge >= 0.3 is 6.55 Å². The average molecular weight is 247 g/mol. The van der Waals surface area contributed by atoms with Crippen molar-refractivity contribution < 1.29 is 13.9 Å². The molecule has 0 atom stereocenters. The number of alkyl halides is 2. The Labute approximate surface area is 99.7 Å². The summed E-state index contributed by atoms with van der Waals surface area (Å²) in [6.45, 7) is 2.53. The van der Waals surface area contributed by atoms with E-state index < -0.39 is 6.55 Å². The van der Waals surface area contributed by atoms with E-state index in [4.69, 9.17) is 5.11 Å². The number of nitrogens with zero attached hydrogens (tertiary/aromatic N) is 2. The van der Waals surface area contributed by atoms with Crippen molar-refractivity contribution in [1.29, 1.82) is 0 Å². The largest absolute Gasteiger partial charge is 0.396 e. The number of aliphatic hydroxyl groups is 1. The summed E-state index contributed by atoms with van der Waals surface area (Å²) in [6.07, 6.45) is 3.30. The van der Waals surface area contributed by atoms with Crippen molar-refractivity contribution >= 4 is 0 Å². The highest BCUT2D eigenvalue weighted by molar-refractivity contribution is 4.92. The van der Waals surface area contributed by atoms with Gasteiger partial charge in [0, 0.05) is 25.5 Å². The van der Waals surface area contributed by atoms with Gasteiger partial charge in [-0.2, -0.15) is 8.78 Å². The van der Waals surface area contributed by atoms with Crippen molar-refractivity contribution in [3.05, 3.63) is 18.2 Å². The summed E-state index contributed by atoms with van der Waals surface area (Å²) in [4.78, 5) is 3.87. The lowest BCUT2D eigenvalue weighted by Gasteiger charge is -2.23. The van der Waals surface area contributed by atoms with Crippen molar-refractivity contribution in [3.63, 3.8) is 0 Å². The second-order valence-electron chi connectivity index (χ2n) is 4.77. The molecule has 0 aliphatic carbocycles. The Morgan fingerprint density at radius 3 is 2.82 bits per heavy atom. The number of aliphatic hydroxyl groups excluding tert-OH is 1. The van der Waals surface area contributed by atoms with E-state index in [9.17, 15) is 8.78 Å². The Morgan fingerprint density at radius 1 is 1.53 bits per heavy atom. The van der Waals surface area contributed by atoms with Gasteiger partial charge in [0.05, 0.1) is 6.54 Å². The molecule has 0 spiro atoms. The van der Waals surface area contributed by atoms with Crippen LogP contribution in [0.25, 0.3) is 0 Å². The average Bonchev–Trinajstić information content (AvgIpc) is 2.65. The summed E-state index contributed by atoms with van der Waals surface area (Å²) in [7, 11) is 0. The molecular formula is C11H19F2N3O. The quantitative estimate of drug-likeness (QED) is 0.772. The number of halogens is 2. The molecular weight excluding hydrogens is 228 g/mol. The fourth-order valence-electron chi connectivity index (χ4n) is 1.56. The Morgan fingerprint density at radius 2 is 2.24 bits per heavy atom. The van der Waals surface area contributed by atoms with E-state index in [1.165, 1.54) is 12.4 Å². The smallest absolute Gasteiger partial charge is 0.319 e. The van der Waals surface area contributed by atoms with Gasteiger partial charge in [-0.15, -0.1) is 0 Å². The van der Waals surface area contributed by atoms with Crippen molar-refractivity contribution in [1.82, 2.24) is 14.9 Å². The maximum atomic E-state index is 12.5. The maximum absolute atomic E-state index is 12.5. The first kappa shape index (κ1) is 14.1. The first-order valence-electron chi connectivity index (χ1n) is 5.58. The Bertz CT molecular complexity index is 339. The molecule has 1 heterocycles. The molecule has 0 unspecified atom stereocenters. The number of imidazole rings is 1. The van der Waals surface area contributed by atoms with Gasteiger partial charge in [-0.3, -0.25) is 4.57 Å². The van der Waals surface area contributed by atoms with Crippen LogP contribution in [0.2, 0.25) is 0 Å². The lowest BCUT2D eigenvalue weighted by atomic mass is 9.90. The molecule has 1 aromatic rings. The monoisotopic (exact) mass is 247 g/mol. The summed E-state index contributed by atoms with van der Waals surface area (Å²) in [5.74, 6) is 0.319. The molecule has 2 N–H and O–H groups in total. The lowest BCUT2D eigenvalue weighted by molar-refractivity contribution is 0.0665. The molecule has 0 bridgehead atoms. The van der Waals surface area contributed by atoms with Gasteiger partial charge < -0.3 is 10.4 Å². The third-order valence-electron chi connectivity index (χ3n) is 2.63. The molecule has 1 rings (SSSR count). The zero-order chi connectivity index (χ0) is 12.9. The van der Waals surface area contributed by atoms with Crippen molar-refractivity contribution in [2.24, 2.45) is 5.41 Å². The predicted molar refractivity (Wildman–Crippen MR) is 60.7 cm³/mol. The zero-order valence-electron chi connectivity index (χ0n) is 10.2. The van der Waals surface area contributed by atoms with E-state index >= 15 is 0 Å². The van der Waals surface area contributed by atoms with Crippen LogP contribution in [0, 0.1) is 5.41 Å². The van der Waals surface area contributed by atoms with Crippen LogP contribution in [0.15, 0.2) is 12.4 Å². The summed E-state index contributed by atoms with van der Waals surface area (Å²) in [5, 5.41) is 11.9. The summed E-state index contributed by atoms with van der Waals surface area (Å²) >= 11 is 0. The molecule has 0 saturated heterocycles. The Hall–Kier alpha value is -1.01. The summed E-state index contributed by atoms with van der Waals surface area (Å²) in [6, 6.07) is 0. The van der Waals surface area contributed by atoms with Gasteiger partial charge in [-0.25, -0.2) is 4.98 Å². The Kier molecular flexibility index (Phi) is 5.02. The summed E-state index contributed by atoms with van der Waals surface area (Å²) in [5.41, 5.74) is -0.0585. The molecule has 0 amide bonds. The van der Waals surface area contributed by atoms with E-state index in [1.54, 1.807) is 0 Å². The van der Waals surface area contributed by atoms with Gasteiger partial charge in [-0.1, -0.05) is 13.8 Å². The zero-order valence-corrected chi connectivity index (χ0v) is 10.2.